The van der Waals surface area contributed by atoms with Gasteiger partial charge in [0.2, 0.25) is 5.91 Å². The summed E-state index contributed by atoms with van der Waals surface area (Å²) in [5.41, 5.74) is 0. The average Bonchev–Trinajstić information content (AvgIpc) is 2.97. The molecule has 1 aliphatic heterocycles. The first-order valence-electron chi connectivity index (χ1n) is 6.26. The fourth-order valence-corrected chi connectivity index (χ4v) is 2.36. The molecule has 1 saturated carbocycles. The van der Waals surface area contributed by atoms with Gasteiger partial charge in [0.25, 0.3) is 0 Å². The van der Waals surface area contributed by atoms with Gasteiger partial charge in [-0.25, -0.2) is 0 Å². The summed E-state index contributed by atoms with van der Waals surface area (Å²) >= 11 is 0. The molecule has 1 unspecified atom stereocenters. The summed E-state index contributed by atoms with van der Waals surface area (Å²) in [4.78, 5) is 24.8. The molecule has 1 heterocycles. The molecule has 0 aromatic heterocycles. The first-order valence-corrected chi connectivity index (χ1v) is 6.26. The van der Waals surface area contributed by atoms with Crippen LogP contribution in [0.4, 0.5) is 0 Å². The number of nitrogens with zero attached hydrogens (tertiary/aromatic N) is 1. The number of carboxylic acids is 1. The number of hydrogen-bond acceptors (Lipinski definition) is 3. The lowest BCUT2D eigenvalue weighted by Crippen LogP contribution is -2.45. The minimum Gasteiger partial charge on any atom is -0.481 e. The highest BCUT2D eigenvalue weighted by atomic mass is 16.4. The van der Waals surface area contributed by atoms with Crippen molar-refractivity contribution in [3.63, 3.8) is 0 Å². The van der Waals surface area contributed by atoms with Crippen molar-refractivity contribution < 1.29 is 14.7 Å². The molecule has 0 radical (unpaired) electrons. The standard InChI is InChI=1S/C12H20N2O3/c1-7-5-14(6-10(7)12(16)17)8(2)11(15)13-9-3-4-9/h7-10H,3-6H2,1-2H3,(H,13,15)(H,16,17)/t7-,8?,10-/m1/s1. The summed E-state index contributed by atoms with van der Waals surface area (Å²) in [6.45, 7) is 4.96. The van der Waals surface area contributed by atoms with Crippen LogP contribution in [0.2, 0.25) is 0 Å². The Bertz CT molecular complexity index is 328. The summed E-state index contributed by atoms with van der Waals surface area (Å²) < 4.78 is 0. The molecular formula is C12H20N2O3. The van der Waals surface area contributed by atoms with Crippen LogP contribution >= 0.6 is 0 Å². The molecule has 1 aliphatic carbocycles. The highest BCUT2D eigenvalue weighted by Gasteiger charge is 2.39. The van der Waals surface area contributed by atoms with Gasteiger partial charge in [0, 0.05) is 19.1 Å². The van der Waals surface area contributed by atoms with Gasteiger partial charge in [-0.05, 0) is 25.7 Å². The average molecular weight is 240 g/mol. The van der Waals surface area contributed by atoms with Crippen LogP contribution in [0.3, 0.4) is 0 Å². The molecule has 5 nitrogen and oxygen atoms in total. The number of amides is 1. The Morgan fingerprint density at radius 2 is 2.00 bits per heavy atom. The summed E-state index contributed by atoms with van der Waals surface area (Å²) in [6, 6.07) is 0.141. The zero-order valence-electron chi connectivity index (χ0n) is 10.3. The Morgan fingerprint density at radius 3 is 2.47 bits per heavy atom. The predicted octanol–water partition coefficient (Wildman–Crippen LogP) is 0.306. The minimum atomic E-state index is -0.755. The van der Waals surface area contributed by atoms with E-state index in [1.54, 1.807) is 0 Å². The van der Waals surface area contributed by atoms with E-state index in [1.165, 1.54) is 0 Å². The van der Waals surface area contributed by atoms with E-state index in [1.807, 2.05) is 18.7 Å². The highest BCUT2D eigenvalue weighted by molar-refractivity contribution is 5.82. The Balaban J connectivity index is 1.89. The van der Waals surface area contributed by atoms with Crippen molar-refractivity contribution in [3.05, 3.63) is 0 Å². The number of likely N-dealkylation sites (tertiary alicyclic amines) is 1. The normalized spacial score (nSPS) is 31.2. The van der Waals surface area contributed by atoms with E-state index >= 15 is 0 Å². The smallest absolute Gasteiger partial charge is 0.308 e. The van der Waals surface area contributed by atoms with Gasteiger partial charge in [-0.3, -0.25) is 14.5 Å². The van der Waals surface area contributed by atoms with Crippen molar-refractivity contribution in [1.82, 2.24) is 10.2 Å². The Hall–Kier alpha value is -1.10. The second-order valence-corrected chi connectivity index (χ2v) is 5.33. The van der Waals surface area contributed by atoms with E-state index in [-0.39, 0.29) is 23.8 Å². The molecule has 5 heteroatoms. The molecule has 2 fully saturated rings. The van der Waals surface area contributed by atoms with E-state index in [2.05, 4.69) is 5.32 Å². The zero-order valence-corrected chi connectivity index (χ0v) is 10.3. The SMILES string of the molecule is CC(C(=O)NC1CC1)N1C[C@@H](C)[C@H](C(=O)O)C1. The van der Waals surface area contributed by atoms with Crippen LogP contribution in [0.1, 0.15) is 26.7 Å². The van der Waals surface area contributed by atoms with Gasteiger partial charge < -0.3 is 10.4 Å². The van der Waals surface area contributed by atoms with Gasteiger partial charge in [-0.15, -0.1) is 0 Å². The molecule has 2 aliphatic rings. The minimum absolute atomic E-state index is 0.0331. The van der Waals surface area contributed by atoms with Crippen molar-refractivity contribution >= 4 is 11.9 Å². The molecule has 96 valence electrons. The van der Waals surface area contributed by atoms with Crippen LogP contribution in [0, 0.1) is 11.8 Å². The second-order valence-electron chi connectivity index (χ2n) is 5.33. The zero-order chi connectivity index (χ0) is 12.6. The second kappa shape index (κ2) is 4.64. The Kier molecular flexibility index (Phi) is 3.38. The van der Waals surface area contributed by atoms with Gasteiger partial charge in [0.1, 0.15) is 0 Å². The monoisotopic (exact) mass is 240 g/mol. The van der Waals surface area contributed by atoms with Crippen molar-refractivity contribution in [2.24, 2.45) is 11.8 Å². The van der Waals surface area contributed by atoms with E-state index in [4.69, 9.17) is 5.11 Å². The molecule has 0 spiro atoms. The van der Waals surface area contributed by atoms with Crippen molar-refractivity contribution in [2.45, 2.75) is 38.8 Å². The van der Waals surface area contributed by atoms with Gasteiger partial charge in [0.15, 0.2) is 0 Å². The predicted molar refractivity (Wildman–Crippen MR) is 62.5 cm³/mol. The Morgan fingerprint density at radius 1 is 1.35 bits per heavy atom. The van der Waals surface area contributed by atoms with E-state index in [0.717, 1.165) is 12.8 Å². The summed E-state index contributed by atoms with van der Waals surface area (Å²) in [5.74, 6) is -0.949. The molecule has 1 saturated heterocycles. The third-order valence-corrected chi connectivity index (χ3v) is 3.81. The highest BCUT2D eigenvalue weighted by Crippen LogP contribution is 2.25. The van der Waals surface area contributed by atoms with Gasteiger partial charge >= 0.3 is 5.97 Å². The van der Waals surface area contributed by atoms with Crippen molar-refractivity contribution in [2.75, 3.05) is 13.1 Å². The van der Waals surface area contributed by atoms with Gasteiger partial charge in [-0.1, -0.05) is 6.92 Å². The van der Waals surface area contributed by atoms with Crippen LogP contribution < -0.4 is 5.32 Å². The number of carboxylic acid groups (broad SMARTS) is 1. The quantitative estimate of drug-likeness (QED) is 0.742. The molecular weight excluding hydrogens is 220 g/mol. The first kappa shape index (κ1) is 12.4. The number of rotatable bonds is 4. The summed E-state index contributed by atoms with van der Waals surface area (Å²) in [7, 11) is 0. The molecule has 2 N–H and O–H groups in total. The number of carbonyl (C=O) groups excluding carboxylic acids is 1. The van der Waals surface area contributed by atoms with Crippen molar-refractivity contribution in [1.29, 1.82) is 0 Å². The fraction of sp³-hybridized carbons (Fsp3) is 0.833. The maximum atomic E-state index is 11.9. The van der Waals surface area contributed by atoms with E-state index in [9.17, 15) is 9.59 Å². The Labute approximate surface area is 101 Å². The maximum absolute atomic E-state index is 11.9. The van der Waals surface area contributed by atoms with Crippen LogP contribution in [-0.2, 0) is 9.59 Å². The molecule has 0 bridgehead atoms. The molecule has 0 aromatic rings. The third kappa shape index (κ3) is 2.77. The molecule has 1 amide bonds. The number of hydrogen-bond donors (Lipinski definition) is 2. The summed E-state index contributed by atoms with van der Waals surface area (Å²) in [5, 5.41) is 12.0. The molecule has 17 heavy (non-hydrogen) atoms. The van der Waals surface area contributed by atoms with Gasteiger partial charge in [-0.2, -0.15) is 0 Å². The first-order chi connectivity index (χ1) is 7.99. The molecule has 0 aromatic carbocycles. The largest absolute Gasteiger partial charge is 0.481 e. The lowest BCUT2D eigenvalue weighted by atomic mass is 9.99. The van der Waals surface area contributed by atoms with Crippen LogP contribution in [-0.4, -0.2) is 47.1 Å². The summed E-state index contributed by atoms with van der Waals surface area (Å²) in [6.07, 6.45) is 2.15. The third-order valence-electron chi connectivity index (χ3n) is 3.81. The van der Waals surface area contributed by atoms with Crippen LogP contribution in [0.15, 0.2) is 0 Å². The molecule has 2 rings (SSSR count). The van der Waals surface area contributed by atoms with E-state index in [0.29, 0.717) is 19.1 Å². The van der Waals surface area contributed by atoms with Crippen LogP contribution in [0.5, 0.6) is 0 Å². The van der Waals surface area contributed by atoms with Gasteiger partial charge in [0.05, 0.1) is 12.0 Å². The molecule has 3 atom stereocenters. The maximum Gasteiger partial charge on any atom is 0.308 e. The van der Waals surface area contributed by atoms with E-state index < -0.39 is 5.97 Å². The lowest BCUT2D eigenvalue weighted by Gasteiger charge is -2.23. The fourth-order valence-electron chi connectivity index (χ4n) is 2.36. The topological polar surface area (TPSA) is 69.6 Å². The number of carbonyl (C=O) groups is 2. The lowest BCUT2D eigenvalue weighted by molar-refractivity contribution is -0.142. The van der Waals surface area contributed by atoms with Crippen LogP contribution in [0.25, 0.3) is 0 Å². The number of aliphatic carboxylic acids is 1. The number of nitrogens with one attached hydrogen (secondary N) is 1. The van der Waals surface area contributed by atoms with Crippen molar-refractivity contribution in [3.8, 4) is 0 Å².